The third kappa shape index (κ3) is 3.18. The number of Topliss-reactive ketones (excluding diaryl/α,β-unsaturated/α-hetero) is 1. The van der Waals surface area contributed by atoms with Crippen molar-refractivity contribution in [3.05, 3.63) is 11.8 Å². The second-order valence-corrected chi connectivity index (χ2v) is 1.93. The van der Waals surface area contributed by atoms with E-state index in [2.05, 4.69) is 4.74 Å². The number of aliphatic hydroxyl groups is 1. The molecule has 0 unspecified atom stereocenters. The normalized spacial score (nSPS) is 11.5. The topological polar surface area (TPSA) is 63.6 Å². The van der Waals surface area contributed by atoms with Gasteiger partial charge in [0.15, 0.2) is 0 Å². The van der Waals surface area contributed by atoms with Gasteiger partial charge in [0, 0.05) is 0 Å². The van der Waals surface area contributed by atoms with Gasteiger partial charge in [-0.2, -0.15) is 0 Å². The molecule has 0 radical (unpaired) electrons. The number of alkyl halides is 2. The first-order valence-electron chi connectivity index (χ1n) is 3.38. The van der Waals surface area contributed by atoms with Crippen LogP contribution in [0.5, 0.6) is 0 Å². The van der Waals surface area contributed by atoms with Gasteiger partial charge in [-0.25, -0.2) is 13.6 Å². The Bertz CT molecular complexity index is 235. The predicted octanol–water partition coefficient (Wildman–Crippen LogP) is 0.826. The summed E-state index contributed by atoms with van der Waals surface area (Å²) in [6, 6.07) is 0. The van der Waals surface area contributed by atoms with Crippen LogP contribution in [0, 0.1) is 0 Å². The smallest absolute Gasteiger partial charge is 0.345 e. The molecule has 4 nitrogen and oxygen atoms in total. The molecule has 0 aromatic carbocycles. The highest BCUT2D eigenvalue weighted by Crippen LogP contribution is 2.06. The van der Waals surface area contributed by atoms with Crippen LogP contribution in [-0.2, 0) is 14.3 Å². The zero-order valence-electron chi connectivity index (χ0n) is 6.79. The number of hydrogen-bond donors (Lipinski definition) is 1. The minimum atomic E-state index is -3.33. The second kappa shape index (κ2) is 5.23. The van der Waals surface area contributed by atoms with E-state index in [1.165, 1.54) is 6.92 Å². The molecule has 0 atom stereocenters. The van der Waals surface area contributed by atoms with Gasteiger partial charge in [-0.15, -0.1) is 0 Å². The first-order chi connectivity index (χ1) is 6.04. The molecular formula is C7H8F2O4. The number of carbonyl (C=O) groups excluding carboxylic acids is 2. The van der Waals surface area contributed by atoms with E-state index >= 15 is 0 Å². The van der Waals surface area contributed by atoms with Gasteiger partial charge in [-0.3, -0.25) is 4.79 Å². The van der Waals surface area contributed by atoms with Crippen LogP contribution in [0.3, 0.4) is 0 Å². The molecule has 0 aliphatic heterocycles. The maximum atomic E-state index is 11.8. The number of rotatable bonds is 4. The largest absolute Gasteiger partial charge is 0.515 e. The van der Waals surface area contributed by atoms with Crippen molar-refractivity contribution in [1.82, 2.24) is 0 Å². The first kappa shape index (κ1) is 11.5. The van der Waals surface area contributed by atoms with Crippen molar-refractivity contribution in [1.29, 1.82) is 0 Å². The summed E-state index contributed by atoms with van der Waals surface area (Å²) in [6.45, 7) is 1.38. The summed E-state index contributed by atoms with van der Waals surface area (Å²) < 4.78 is 27.8. The Morgan fingerprint density at radius 2 is 2.08 bits per heavy atom. The summed E-state index contributed by atoms with van der Waals surface area (Å²) in [7, 11) is 0. The monoisotopic (exact) mass is 194 g/mol. The molecule has 0 aliphatic rings. The van der Waals surface area contributed by atoms with Crippen molar-refractivity contribution in [2.45, 2.75) is 13.3 Å². The van der Waals surface area contributed by atoms with E-state index in [9.17, 15) is 18.4 Å². The van der Waals surface area contributed by atoms with E-state index < -0.39 is 23.8 Å². The number of carbonyl (C=O) groups is 2. The lowest BCUT2D eigenvalue weighted by atomic mass is 10.2. The standard InChI is InChI=1S/C7H8F2O4/c1-2-13-7(12)4(3-10)5(11)6(8)9/h3,6,10H,2H2,1H3/b4-3+. The molecule has 74 valence electrons. The molecule has 0 saturated heterocycles. The van der Waals surface area contributed by atoms with E-state index in [4.69, 9.17) is 5.11 Å². The fourth-order valence-electron chi connectivity index (χ4n) is 0.543. The van der Waals surface area contributed by atoms with Gasteiger partial charge >= 0.3 is 12.4 Å². The number of aliphatic hydroxyl groups excluding tert-OH is 1. The van der Waals surface area contributed by atoms with Gasteiger partial charge in [0.2, 0.25) is 5.78 Å². The third-order valence-electron chi connectivity index (χ3n) is 1.09. The fraction of sp³-hybridized carbons (Fsp3) is 0.429. The Hall–Kier alpha value is -1.46. The molecule has 0 spiro atoms. The minimum Gasteiger partial charge on any atom is -0.515 e. The summed E-state index contributed by atoms with van der Waals surface area (Å²) >= 11 is 0. The highest BCUT2D eigenvalue weighted by Gasteiger charge is 2.27. The van der Waals surface area contributed by atoms with Crippen LogP contribution in [0.25, 0.3) is 0 Å². The van der Waals surface area contributed by atoms with E-state index in [0.29, 0.717) is 0 Å². The van der Waals surface area contributed by atoms with Gasteiger partial charge in [0.25, 0.3) is 0 Å². The van der Waals surface area contributed by atoms with Gasteiger partial charge in [0.05, 0.1) is 12.9 Å². The van der Waals surface area contributed by atoms with Gasteiger partial charge in [0.1, 0.15) is 5.57 Å². The van der Waals surface area contributed by atoms with E-state index in [1.54, 1.807) is 0 Å². The number of ether oxygens (including phenoxy) is 1. The summed E-state index contributed by atoms with van der Waals surface area (Å²) in [5, 5.41) is 8.33. The predicted molar refractivity (Wildman–Crippen MR) is 38.4 cm³/mol. The lowest BCUT2D eigenvalue weighted by Crippen LogP contribution is -2.21. The average molecular weight is 194 g/mol. The van der Waals surface area contributed by atoms with Gasteiger partial charge in [-0.05, 0) is 6.92 Å². The van der Waals surface area contributed by atoms with Crippen molar-refractivity contribution in [2.75, 3.05) is 6.61 Å². The van der Waals surface area contributed by atoms with Crippen LogP contribution in [0.15, 0.2) is 11.8 Å². The SMILES string of the molecule is CCOC(=O)/C(=C/O)C(=O)C(F)F. The molecule has 0 aliphatic carbocycles. The minimum absolute atomic E-state index is 0.0203. The Morgan fingerprint density at radius 3 is 2.38 bits per heavy atom. The van der Waals surface area contributed by atoms with E-state index in [1.807, 2.05) is 0 Å². The molecule has 0 bridgehead atoms. The molecule has 0 heterocycles. The molecule has 0 saturated carbocycles. The molecule has 1 N–H and O–H groups in total. The van der Waals surface area contributed by atoms with Crippen LogP contribution in [0.4, 0.5) is 8.78 Å². The lowest BCUT2D eigenvalue weighted by molar-refractivity contribution is -0.141. The Kier molecular flexibility index (Phi) is 4.64. The van der Waals surface area contributed by atoms with E-state index in [-0.39, 0.29) is 12.9 Å². The molecular weight excluding hydrogens is 186 g/mol. The van der Waals surface area contributed by atoms with Crippen molar-refractivity contribution < 1.29 is 28.2 Å². The van der Waals surface area contributed by atoms with Crippen molar-refractivity contribution in [3.63, 3.8) is 0 Å². The van der Waals surface area contributed by atoms with Crippen LogP contribution >= 0.6 is 0 Å². The number of halogens is 2. The van der Waals surface area contributed by atoms with Crippen LogP contribution in [0.1, 0.15) is 6.92 Å². The molecule has 13 heavy (non-hydrogen) atoms. The van der Waals surface area contributed by atoms with Crippen LogP contribution < -0.4 is 0 Å². The second-order valence-electron chi connectivity index (χ2n) is 1.93. The number of esters is 1. The molecule has 0 aromatic rings. The average Bonchev–Trinajstić information content (AvgIpc) is 2.05. The number of ketones is 1. The first-order valence-corrected chi connectivity index (χ1v) is 3.38. The summed E-state index contributed by atoms with van der Waals surface area (Å²) in [4.78, 5) is 21.2. The van der Waals surface area contributed by atoms with Crippen LogP contribution in [-0.4, -0.2) is 29.9 Å². The Morgan fingerprint density at radius 1 is 1.54 bits per heavy atom. The summed E-state index contributed by atoms with van der Waals surface area (Å²) in [5.41, 5.74) is -1.04. The summed E-state index contributed by atoms with van der Waals surface area (Å²) in [5.74, 6) is -3.00. The molecule has 0 aromatic heterocycles. The maximum Gasteiger partial charge on any atom is 0.345 e. The lowest BCUT2D eigenvalue weighted by Gasteiger charge is -2.03. The maximum absolute atomic E-state index is 11.8. The highest BCUT2D eigenvalue weighted by molar-refractivity contribution is 6.18. The molecule has 6 heteroatoms. The van der Waals surface area contributed by atoms with Gasteiger partial charge in [-0.1, -0.05) is 0 Å². The molecule has 0 amide bonds. The fourth-order valence-corrected chi connectivity index (χ4v) is 0.543. The highest BCUT2D eigenvalue weighted by atomic mass is 19.3. The Labute approximate surface area is 72.8 Å². The van der Waals surface area contributed by atoms with Crippen molar-refractivity contribution in [3.8, 4) is 0 Å². The Balaban J connectivity index is 4.54. The molecule has 0 fully saturated rings. The third-order valence-corrected chi connectivity index (χ3v) is 1.09. The number of hydrogen-bond acceptors (Lipinski definition) is 4. The van der Waals surface area contributed by atoms with E-state index in [0.717, 1.165) is 0 Å². The molecule has 0 rings (SSSR count). The van der Waals surface area contributed by atoms with Crippen molar-refractivity contribution in [2.24, 2.45) is 0 Å². The quantitative estimate of drug-likeness (QED) is 0.236. The van der Waals surface area contributed by atoms with Gasteiger partial charge < -0.3 is 9.84 Å². The zero-order valence-corrected chi connectivity index (χ0v) is 6.79. The van der Waals surface area contributed by atoms with Crippen molar-refractivity contribution >= 4 is 11.8 Å². The van der Waals surface area contributed by atoms with Crippen LogP contribution in [0.2, 0.25) is 0 Å². The zero-order chi connectivity index (χ0) is 10.4. The summed E-state index contributed by atoms with van der Waals surface area (Å²) in [6.07, 6.45) is -3.31.